The van der Waals surface area contributed by atoms with Gasteiger partial charge in [-0.05, 0) is 69.5 Å². The second-order valence-corrected chi connectivity index (χ2v) is 9.78. The van der Waals surface area contributed by atoms with Gasteiger partial charge < -0.3 is 14.4 Å². The highest BCUT2D eigenvalue weighted by molar-refractivity contribution is 7.92. The first kappa shape index (κ1) is 24.6. The minimum atomic E-state index is -3.75. The van der Waals surface area contributed by atoms with Gasteiger partial charge in [0.15, 0.2) is 6.61 Å². The van der Waals surface area contributed by atoms with E-state index in [-0.39, 0.29) is 29.3 Å². The molecule has 1 fully saturated rings. The zero-order valence-corrected chi connectivity index (χ0v) is 20.0. The molecule has 1 saturated heterocycles. The summed E-state index contributed by atoms with van der Waals surface area (Å²) in [4.78, 5) is 26.1. The first-order valence-corrected chi connectivity index (χ1v) is 12.4. The predicted molar refractivity (Wildman–Crippen MR) is 125 cm³/mol. The van der Waals surface area contributed by atoms with Gasteiger partial charge in [0.25, 0.3) is 15.9 Å². The number of carbonyl (C=O) groups is 2. The summed E-state index contributed by atoms with van der Waals surface area (Å²) < 4.78 is 38.7. The average Bonchev–Trinajstić information content (AvgIpc) is 2.79. The molecular formula is C24H30N2O6S. The molecule has 1 heterocycles. The minimum Gasteiger partial charge on any atom is -0.483 e. The van der Waals surface area contributed by atoms with E-state index in [9.17, 15) is 18.0 Å². The Hall–Kier alpha value is -3.07. The lowest BCUT2D eigenvalue weighted by Gasteiger charge is -2.30. The molecule has 2 aromatic rings. The number of hydrogen-bond acceptors (Lipinski definition) is 6. The van der Waals surface area contributed by atoms with Crippen molar-refractivity contribution in [2.75, 3.05) is 31.0 Å². The van der Waals surface area contributed by atoms with Crippen LogP contribution in [0.3, 0.4) is 0 Å². The van der Waals surface area contributed by atoms with Gasteiger partial charge >= 0.3 is 5.97 Å². The molecule has 8 nitrogen and oxygen atoms in total. The summed E-state index contributed by atoms with van der Waals surface area (Å²) in [5, 5.41) is 0. The van der Waals surface area contributed by atoms with Crippen molar-refractivity contribution in [2.24, 2.45) is 5.92 Å². The lowest BCUT2D eigenvalue weighted by atomic mass is 9.97. The topological polar surface area (TPSA) is 102 Å². The van der Waals surface area contributed by atoms with Crippen molar-refractivity contribution in [1.82, 2.24) is 4.90 Å². The van der Waals surface area contributed by atoms with Gasteiger partial charge in [-0.15, -0.1) is 0 Å². The van der Waals surface area contributed by atoms with E-state index in [1.807, 2.05) is 19.1 Å². The molecule has 0 spiro atoms. The van der Waals surface area contributed by atoms with Crippen molar-refractivity contribution >= 4 is 27.6 Å². The van der Waals surface area contributed by atoms with Crippen molar-refractivity contribution in [1.29, 1.82) is 0 Å². The molecule has 1 aliphatic rings. The fourth-order valence-electron chi connectivity index (χ4n) is 3.64. The first-order chi connectivity index (χ1) is 15.7. The molecule has 0 radical (unpaired) electrons. The Balaban J connectivity index is 1.55. The largest absolute Gasteiger partial charge is 0.483 e. The van der Waals surface area contributed by atoms with E-state index in [4.69, 9.17) is 9.47 Å². The van der Waals surface area contributed by atoms with Gasteiger partial charge in [-0.3, -0.25) is 14.3 Å². The fraction of sp³-hybridized carbons (Fsp3) is 0.417. The lowest BCUT2D eigenvalue weighted by Crippen LogP contribution is -2.42. The molecule has 0 aromatic heterocycles. The van der Waals surface area contributed by atoms with Gasteiger partial charge in [0.05, 0.1) is 17.4 Å². The zero-order chi connectivity index (χ0) is 24.0. The summed E-state index contributed by atoms with van der Waals surface area (Å²) in [6, 6.07) is 11.6. The minimum absolute atomic E-state index is 0.111. The predicted octanol–water partition coefficient (Wildman–Crippen LogP) is 3.28. The van der Waals surface area contributed by atoms with Gasteiger partial charge in [0.2, 0.25) is 0 Å². The Kier molecular flexibility index (Phi) is 7.97. The number of piperidine rings is 1. The highest BCUT2D eigenvalue weighted by Gasteiger charge is 2.28. The van der Waals surface area contributed by atoms with E-state index in [1.54, 1.807) is 36.9 Å². The zero-order valence-electron chi connectivity index (χ0n) is 19.2. The smallest absolute Gasteiger partial charge is 0.309 e. The van der Waals surface area contributed by atoms with Crippen molar-refractivity contribution < 1.29 is 27.5 Å². The molecule has 1 aliphatic heterocycles. The molecule has 0 atom stereocenters. The monoisotopic (exact) mass is 474 g/mol. The molecule has 0 unspecified atom stereocenters. The van der Waals surface area contributed by atoms with E-state index in [1.165, 1.54) is 12.1 Å². The Morgan fingerprint density at radius 2 is 1.73 bits per heavy atom. The summed E-state index contributed by atoms with van der Waals surface area (Å²) in [5.41, 5.74) is 2.12. The van der Waals surface area contributed by atoms with Crippen molar-refractivity contribution in [2.45, 2.75) is 38.5 Å². The maximum absolute atomic E-state index is 12.7. The van der Waals surface area contributed by atoms with Crippen LogP contribution in [0.15, 0.2) is 47.4 Å². The van der Waals surface area contributed by atoms with Crippen LogP contribution in [0.1, 0.15) is 30.9 Å². The van der Waals surface area contributed by atoms with Crippen molar-refractivity contribution in [3.05, 3.63) is 53.6 Å². The van der Waals surface area contributed by atoms with Gasteiger partial charge in [0, 0.05) is 18.8 Å². The Morgan fingerprint density at radius 3 is 2.33 bits per heavy atom. The van der Waals surface area contributed by atoms with Gasteiger partial charge in [-0.25, -0.2) is 8.42 Å². The number of sulfonamides is 1. The number of hydrogen-bond donors (Lipinski definition) is 1. The quantitative estimate of drug-likeness (QED) is 0.589. The third-order valence-corrected chi connectivity index (χ3v) is 6.96. The number of amides is 1. The summed E-state index contributed by atoms with van der Waals surface area (Å²) in [5.74, 6) is -0.1000. The maximum atomic E-state index is 12.7. The Morgan fingerprint density at radius 1 is 1.06 bits per heavy atom. The number of benzene rings is 2. The molecule has 0 aliphatic carbocycles. The third kappa shape index (κ3) is 6.47. The molecule has 0 saturated carbocycles. The molecule has 178 valence electrons. The highest BCUT2D eigenvalue weighted by atomic mass is 32.2. The second-order valence-electron chi connectivity index (χ2n) is 8.09. The second kappa shape index (κ2) is 10.7. The summed E-state index contributed by atoms with van der Waals surface area (Å²) in [6.45, 7) is 6.59. The Labute approximate surface area is 194 Å². The van der Waals surface area contributed by atoms with Gasteiger partial charge in [0.1, 0.15) is 5.75 Å². The molecule has 3 rings (SSSR count). The van der Waals surface area contributed by atoms with E-state index >= 15 is 0 Å². The number of ether oxygens (including phenoxy) is 2. The van der Waals surface area contributed by atoms with Gasteiger partial charge in [-0.1, -0.05) is 17.7 Å². The molecule has 33 heavy (non-hydrogen) atoms. The van der Waals surface area contributed by atoms with Crippen LogP contribution in [0.5, 0.6) is 5.75 Å². The fourth-order valence-corrected chi connectivity index (χ4v) is 4.79. The van der Waals surface area contributed by atoms with Gasteiger partial charge in [-0.2, -0.15) is 0 Å². The maximum Gasteiger partial charge on any atom is 0.309 e. The summed E-state index contributed by atoms with van der Waals surface area (Å²) in [6.07, 6.45) is 1.15. The number of likely N-dealkylation sites (tertiary alicyclic amines) is 1. The molecule has 1 N–H and O–H groups in total. The molecular weight excluding hydrogens is 444 g/mol. The number of carbonyl (C=O) groups excluding carboxylic acids is 2. The van der Waals surface area contributed by atoms with Crippen LogP contribution in [0, 0.1) is 19.8 Å². The molecule has 2 aromatic carbocycles. The highest BCUT2D eigenvalue weighted by Crippen LogP contribution is 2.24. The molecule has 9 heteroatoms. The van der Waals surface area contributed by atoms with Crippen LogP contribution < -0.4 is 9.46 Å². The van der Waals surface area contributed by atoms with Crippen molar-refractivity contribution in [3.8, 4) is 5.75 Å². The van der Waals surface area contributed by atoms with E-state index in [2.05, 4.69) is 4.72 Å². The molecule has 1 amide bonds. The lowest BCUT2D eigenvalue weighted by molar-refractivity contribution is -0.151. The van der Waals surface area contributed by atoms with Crippen LogP contribution in [-0.4, -0.2) is 51.5 Å². The average molecular weight is 475 g/mol. The summed E-state index contributed by atoms with van der Waals surface area (Å²) >= 11 is 0. The summed E-state index contributed by atoms with van der Waals surface area (Å²) in [7, 11) is -3.75. The van der Waals surface area contributed by atoms with Crippen LogP contribution >= 0.6 is 0 Å². The SMILES string of the molecule is CCOC(=O)C1CCN(C(=O)COc2ccc(S(=O)(=O)Nc3ccc(C)cc3)cc2C)CC1. The van der Waals surface area contributed by atoms with Crippen LogP contribution in [0.2, 0.25) is 0 Å². The van der Waals surface area contributed by atoms with Crippen LogP contribution in [-0.2, 0) is 24.3 Å². The van der Waals surface area contributed by atoms with Crippen LogP contribution in [0.25, 0.3) is 0 Å². The number of esters is 1. The number of rotatable bonds is 8. The third-order valence-electron chi connectivity index (χ3n) is 5.58. The number of anilines is 1. The molecule has 0 bridgehead atoms. The first-order valence-electron chi connectivity index (χ1n) is 11.0. The normalized spacial score (nSPS) is 14.6. The number of aryl methyl sites for hydroxylation is 2. The van der Waals surface area contributed by atoms with Crippen LogP contribution in [0.4, 0.5) is 5.69 Å². The standard InChI is InChI=1S/C24H30N2O6S/c1-4-31-24(28)19-11-13-26(14-12-19)23(27)16-32-22-10-9-21(15-18(22)3)33(29,30)25-20-7-5-17(2)6-8-20/h5-10,15,19,25H,4,11-14,16H2,1-3H3. The number of nitrogens with zero attached hydrogens (tertiary/aromatic N) is 1. The van der Waals surface area contributed by atoms with E-state index in [0.717, 1.165) is 5.56 Å². The van der Waals surface area contributed by atoms with E-state index in [0.29, 0.717) is 49.5 Å². The van der Waals surface area contributed by atoms with E-state index < -0.39 is 10.0 Å². The Bertz CT molecular complexity index is 1090. The number of nitrogens with one attached hydrogen (secondary N) is 1. The van der Waals surface area contributed by atoms with Crippen molar-refractivity contribution in [3.63, 3.8) is 0 Å².